The molecule has 1 heterocycles. The molecule has 5 nitrogen and oxygen atoms in total. The molecule has 0 bridgehead atoms. The van der Waals surface area contributed by atoms with Crippen molar-refractivity contribution in [3.05, 3.63) is 93.3 Å². The lowest BCUT2D eigenvalue weighted by Gasteiger charge is -2.14. The number of benzene rings is 3. The molecule has 170 valence electrons. The van der Waals surface area contributed by atoms with E-state index in [0.29, 0.717) is 43.6 Å². The van der Waals surface area contributed by atoms with Crippen molar-refractivity contribution in [3.63, 3.8) is 0 Å². The number of nitriles is 1. The number of halogens is 1. The van der Waals surface area contributed by atoms with Crippen molar-refractivity contribution >= 4 is 57.6 Å². The fourth-order valence-corrected chi connectivity index (χ4v) is 4.77. The predicted octanol–water partition coefficient (Wildman–Crippen LogP) is 6.60. The van der Waals surface area contributed by atoms with Crippen LogP contribution in [0.4, 0.5) is 5.69 Å². The van der Waals surface area contributed by atoms with Gasteiger partial charge in [-0.2, -0.15) is 5.26 Å². The van der Waals surface area contributed by atoms with Crippen molar-refractivity contribution in [1.29, 1.82) is 5.26 Å². The maximum absolute atomic E-state index is 13.0. The lowest BCUT2D eigenvalue weighted by molar-refractivity contribution is -0.113. The van der Waals surface area contributed by atoms with Crippen LogP contribution in [0.2, 0.25) is 5.02 Å². The molecule has 34 heavy (non-hydrogen) atoms. The summed E-state index contributed by atoms with van der Waals surface area (Å²) >= 11 is 12.6. The van der Waals surface area contributed by atoms with Crippen molar-refractivity contribution in [2.45, 2.75) is 13.5 Å². The third-order valence-electron chi connectivity index (χ3n) is 4.96. The van der Waals surface area contributed by atoms with Crippen LogP contribution in [0.3, 0.4) is 0 Å². The number of hydrogen-bond donors (Lipinski definition) is 0. The molecule has 0 N–H and O–H groups in total. The van der Waals surface area contributed by atoms with Crippen molar-refractivity contribution in [3.8, 4) is 17.6 Å². The molecule has 0 aromatic heterocycles. The fraction of sp³-hybridized carbons (Fsp3) is 0.115. The van der Waals surface area contributed by atoms with Gasteiger partial charge >= 0.3 is 0 Å². The number of carbonyl (C=O) groups excluding carboxylic acids is 1. The summed E-state index contributed by atoms with van der Waals surface area (Å²) in [5.41, 5.74) is 2.82. The van der Waals surface area contributed by atoms with Gasteiger partial charge in [0.15, 0.2) is 15.8 Å². The lowest BCUT2D eigenvalue weighted by atomic mass is 10.1. The Kier molecular flexibility index (Phi) is 7.53. The number of thioether (sulfide) groups is 1. The molecule has 1 amide bonds. The maximum Gasteiger partial charge on any atom is 0.270 e. The number of ether oxygens (including phenoxy) is 2. The number of anilines is 1. The van der Waals surface area contributed by atoms with Crippen LogP contribution in [0.5, 0.6) is 11.5 Å². The molecule has 0 unspecified atom stereocenters. The highest BCUT2D eigenvalue weighted by Crippen LogP contribution is 2.37. The van der Waals surface area contributed by atoms with E-state index in [2.05, 4.69) is 6.07 Å². The van der Waals surface area contributed by atoms with Gasteiger partial charge in [0.05, 0.1) is 28.8 Å². The summed E-state index contributed by atoms with van der Waals surface area (Å²) in [6, 6.07) is 21.9. The minimum absolute atomic E-state index is 0.191. The van der Waals surface area contributed by atoms with Crippen LogP contribution in [0.15, 0.2) is 71.6 Å². The van der Waals surface area contributed by atoms with Crippen molar-refractivity contribution in [2.75, 3.05) is 11.5 Å². The van der Waals surface area contributed by atoms with E-state index in [1.165, 1.54) is 16.7 Å². The third kappa shape index (κ3) is 5.26. The van der Waals surface area contributed by atoms with Crippen LogP contribution in [0, 0.1) is 11.3 Å². The minimum atomic E-state index is -0.191. The smallest absolute Gasteiger partial charge is 0.270 e. The highest BCUT2D eigenvalue weighted by Gasteiger charge is 2.33. The molecule has 1 fully saturated rings. The van der Waals surface area contributed by atoms with Gasteiger partial charge in [0.1, 0.15) is 6.61 Å². The van der Waals surface area contributed by atoms with E-state index in [0.717, 1.165) is 11.1 Å². The molecule has 1 aliphatic heterocycles. The summed E-state index contributed by atoms with van der Waals surface area (Å²) in [6.45, 7) is 2.58. The van der Waals surface area contributed by atoms with Gasteiger partial charge in [-0.25, -0.2) is 0 Å². The van der Waals surface area contributed by atoms with E-state index in [-0.39, 0.29) is 12.5 Å². The van der Waals surface area contributed by atoms with Crippen molar-refractivity contribution < 1.29 is 14.3 Å². The van der Waals surface area contributed by atoms with Crippen LogP contribution < -0.4 is 14.4 Å². The first-order valence-corrected chi connectivity index (χ1v) is 12.0. The van der Waals surface area contributed by atoms with Gasteiger partial charge in [0, 0.05) is 10.6 Å². The topological polar surface area (TPSA) is 62.6 Å². The molecule has 4 rings (SSSR count). The van der Waals surface area contributed by atoms with E-state index in [1.54, 1.807) is 42.5 Å². The Bertz CT molecular complexity index is 1320. The van der Waals surface area contributed by atoms with Crippen molar-refractivity contribution in [2.24, 2.45) is 0 Å². The summed E-state index contributed by atoms with van der Waals surface area (Å²) in [5.74, 6) is 0.919. The molecule has 1 aliphatic rings. The Morgan fingerprint density at radius 3 is 2.59 bits per heavy atom. The second kappa shape index (κ2) is 10.7. The molecule has 0 saturated carbocycles. The van der Waals surface area contributed by atoms with Gasteiger partial charge in [-0.05, 0) is 61.0 Å². The summed E-state index contributed by atoms with van der Waals surface area (Å²) in [4.78, 5) is 15.0. The van der Waals surface area contributed by atoms with Gasteiger partial charge in [-0.15, -0.1) is 0 Å². The average Bonchev–Trinajstić information content (AvgIpc) is 3.12. The Labute approximate surface area is 212 Å². The van der Waals surface area contributed by atoms with Gasteiger partial charge in [0.2, 0.25) is 0 Å². The molecule has 0 atom stereocenters. The van der Waals surface area contributed by atoms with Crippen LogP contribution >= 0.6 is 35.6 Å². The first kappa shape index (κ1) is 23.8. The molecular weight excluding hydrogens is 488 g/mol. The number of carbonyl (C=O) groups is 1. The van der Waals surface area contributed by atoms with E-state index in [1.807, 2.05) is 37.3 Å². The standard InChI is InChI=1S/C26H19ClN2O3S2/c1-2-31-23-13-17(7-12-22(23)32-16-19-6-4-3-5-18(19)15-28)14-24-25(30)29(26(33)34-24)21-10-8-20(27)9-11-21/h3-14H,2,16H2,1H3/b24-14-. The Hall–Kier alpha value is -3.31. The number of nitrogens with zero attached hydrogens (tertiary/aromatic N) is 2. The summed E-state index contributed by atoms with van der Waals surface area (Å²) < 4.78 is 12.2. The lowest BCUT2D eigenvalue weighted by Crippen LogP contribution is -2.27. The summed E-state index contributed by atoms with van der Waals surface area (Å²) in [7, 11) is 0. The number of rotatable bonds is 7. The van der Waals surface area contributed by atoms with E-state index in [4.69, 9.17) is 33.3 Å². The van der Waals surface area contributed by atoms with Crippen LogP contribution in [-0.4, -0.2) is 16.8 Å². The van der Waals surface area contributed by atoms with Gasteiger partial charge in [0.25, 0.3) is 5.91 Å². The number of hydrogen-bond acceptors (Lipinski definition) is 6. The van der Waals surface area contributed by atoms with E-state index in [9.17, 15) is 10.1 Å². The average molecular weight is 507 g/mol. The highest BCUT2D eigenvalue weighted by atomic mass is 35.5. The molecule has 1 saturated heterocycles. The zero-order valence-electron chi connectivity index (χ0n) is 18.2. The quantitative estimate of drug-likeness (QED) is 0.266. The van der Waals surface area contributed by atoms with Gasteiger partial charge < -0.3 is 9.47 Å². The molecule has 0 spiro atoms. The zero-order chi connectivity index (χ0) is 24.1. The summed E-state index contributed by atoms with van der Waals surface area (Å²) in [5, 5.41) is 9.88. The highest BCUT2D eigenvalue weighted by molar-refractivity contribution is 8.27. The molecule has 3 aromatic carbocycles. The zero-order valence-corrected chi connectivity index (χ0v) is 20.5. The number of amides is 1. The van der Waals surface area contributed by atoms with E-state index < -0.39 is 0 Å². The maximum atomic E-state index is 13.0. The second-order valence-corrected chi connectivity index (χ2v) is 9.30. The van der Waals surface area contributed by atoms with Gasteiger partial charge in [-0.1, -0.05) is 59.8 Å². The molecule has 0 radical (unpaired) electrons. The summed E-state index contributed by atoms with van der Waals surface area (Å²) in [6.07, 6.45) is 1.78. The Morgan fingerprint density at radius 2 is 1.85 bits per heavy atom. The fourth-order valence-electron chi connectivity index (χ4n) is 3.34. The second-order valence-electron chi connectivity index (χ2n) is 7.19. The third-order valence-corrected chi connectivity index (χ3v) is 6.52. The van der Waals surface area contributed by atoms with Crippen LogP contribution in [-0.2, 0) is 11.4 Å². The molecule has 0 aliphatic carbocycles. The monoisotopic (exact) mass is 506 g/mol. The normalized spacial score (nSPS) is 14.4. The molecule has 8 heteroatoms. The van der Waals surface area contributed by atoms with Gasteiger partial charge in [-0.3, -0.25) is 9.69 Å². The SMILES string of the molecule is CCOc1cc(/C=C2\SC(=S)N(c3ccc(Cl)cc3)C2=O)ccc1OCc1ccccc1C#N. The first-order chi connectivity index (χ1) is 16.5. The molecule has 3 aromatic rings. The first-order valence-electron chi connectivity index (χ1n) is 10.4. The Balaban J connectivity index is 1.56. The van der Waals surface area contributed by atoms with E-state index >= 15 is 0 Å². The molecular formula is C26H19ClN2O3S2. The predicted molar refractivity (Wildman–Crippen MR) is 140 cm³/mol. The number of thiocarbonyl (C=S) groups is 1. The Morgan fingerprint density at radius 1 is 1.09 bits per heavy atom. The van der Waals surface area contributed by atoms with Crippen LogP contribution in [0.25, 0.3) is 6.08 Å². The minimum Gasteiger partial charge on any atom is -0.490 e. The largest absolute Gasteiger partial charge is 0.490 e. The van der Waals surface area contributed by atoms with Crippen molar-refractivity contribution in [1.82, 2.24) is 0 Å². The van der Waals surface area contributed by atoms with Crippen LogP contribution in [0.1, 0.15) is 23.6 Å².